The Balaban J connectivity index is 2.20. The average molecular weight is 504 g/mol. The zero-order chi connectivity index (χ0) is 26.2. The molecule has 0 radical (unpaired) electrons. The number of ether oxygens (including phenoxy) is 1. The molecule has 2 aromatic carbocycles. The Morgan fingerprint density at radius 2 is 1.71 bits per heavy atom. The Morgan fingerprint density at radius 3 is 2.23 bits per heavy atom. The molecule has 9 heteroatoms. The molecular weight excluding hydrogens is 466 g/mol. The number of aryl methyl sites for hydroxylation is 2. The largest absolute Gasteiger partial charge is 0.497 e. The van der Waals surface area contributed by atoms with Gasteiger partial charge in [-0.2, -0.15) is 0 Å². The summed E-state index contributed by atoms with van der Waals surface area (Å²) in [7, 11) is -0.392. The van der Waals surface area contributed by atoms with Crippen molar-refractivity contribution in [3.05, 3.63) is 59.2 Å². The molecule has 2 rings (SSSR count). The monoisotopic (exact) mass is 503 g/mol. The second-order valence-corrected chi connectivity index (χ2v) is 10.5. The van der Waals surface area contributed by atoms with Gasteiger partial charge in [0.25, 0.3) is 0 Å². The molecule has 0 aliphatic carbocycles. The Kier molecular flexibility index (Phi) is 10.1. The van der Waals surface area contributed by atoms with Crippen molar-refractivity contribution in [2.24, 2.45) is 0 Å². The fourth-order valence-corrected chi connectivity index (χ4v) is 4.86. The van der Waals surface area contributed by atoms with E-state index in [1.54, 1.807) is 25.1 Å². The van der Waals surface area contributed by atoms with Gasteiger partial charge in [0.05, 0.1) is 19.1 Å². The van der Waals surface area contributed by atoms with Crippen LogP contribution in [0.1, 0.15) is 42.9 Å². The van der Waals surface area contributed by atoms with E-state index in [0.717, 1.165) is 16.7 Å². The number of anilines is 1. The molecule has 1 atom stereocenters. The molecule has 0 aliphatic rings. The smallest absolute Gasteiger partial charge is 0.242 e. The van der Waals surface area contributed by atoms with Gasteiger partial charge in [0.1, 0.15) is 11.8 Å². The zero-order valence-corrected chi connectivity index (χ0v) is 22.3. The van der Waals surface area contributed by atoms with Crippen LogP contribution in [0.3, 0.4) is 0 Å². The summed E-state index contributed by atoms with van der Waals surface area (Å²) in [6.45, 7) is 6.20. The van der Waals surface area contributed by atoms with E-state index in [1.807, 2.05) is 57.2 Å². The topological polar surface area (TPSA) is 96.0 Å². The summed E-state index contributed by atoms with van der Waals surface area (Å²) in [5.41, 5.74) is 3.52. The van der Waals surface area contributed by atoms with Gasteiger partial charge >= 0.3 is 0 Å². The summed E-state index contributed by atoms with van der Waals surface area (Å²) < 4.78 is 31.5. The van der Waals surface area contributed by atoms with E-state index in [1.165, 1.54) is 10.6 Å². The molecule has 0 aromatic heterocycles. The minimum absolute atomic E-state index is 0.112. The number of likely N-dealkylation sites (N-methyl/N-ethyl adjacent to an activating group) is 1. The molecule has 0 saturated carbocycles. The van der Waals surface area contributed by atoms with Gasteiger partial charge in [0.15, 0.2) is 0 Å². The van der Waals surface area contributed by atoms with Gasteiger partial charge in [-0.05, 0) is 67.6 Å². The molecule has 0 saturated heterocycles. The van der Waals surface area contributed by atoms with Crippen LogP contribution in [-0.2, 0) is 26.2 Å². The average Bonchev–Trinajstić information content (AvgIpc) is 2.82. The van der Waals surface area contributed by atoms with Crippen molar-refractivity contribution in [3.63, 3.8) is 0 Å². The first-order valence-corrected chi connectivity index (χ1v) is 13.6. The Labute approximate surface area is 209 Å². The van der Waals surface area contributed by atoms with Crippen LogP contribution in [0.15, 0.2) is 42.5 Å². The highest BCUT2D eigenvalue weighted by Crippen LogP contribution is 2.22. The highest BCUT2D eigenvalue weighted by molar-refractivity contribution is 7.92. The maximum atomic E-state index is 13.3. The molecule has 1 unspecified atom stereocenters. The third kappa shape index (κ3) is 7.71. The highest BCUT2D eigenvalue weighted by Gasteiger charge is 2.28. The molecule has 0 bridgehead atoms. The van der Waals surface area contributed by atoms with E-state index < -0.39 is 16.1 Å². The van der Waals surface area contributed by atoms with E-state index in [9.17, 15) is 18.0 Å². The SMILES string of the molecule is CCC(C(=O)NC)N(Cc1ccc(OC)cc1)C(=O)CCCN(c1ccc(C)c(C)c1)S(C)(=O)=O. The van der Waals surface area contributed by atoms with Crippen LogP contribution in [0, 0.1) is 13.8 Å². The molecule has 192 valence electrons. The number of nitrogens with one attached hydrogen (secondary N) is 1. The van der Waals surface area contributed by atoms with Crippen molar-refractivity contribution in [2.75, 3.05) is 31.3 Å². The number of carbonyl (C=O) groups excluding carboxylic acids is 2. The zero-order valence-electron chi connectivity index (χ0n) is 21.5. The predicted molar refractivity (Wildman–Crippen MR) is 139 cm³/mol. The number of sulfonamides is 1. The number of nitrogens with zero attached hydrogens (tertiary/aromatic N) is 2. The lowest BCUT2D eigenvalue weighted by Crippen LogP contribution is -2.48. The first kappa shape index (κ1) is 28.2. The van der Waals surface area contributed by atoms with Gasteiger partial charge in [-0.25, -0.2) is 8.42 Å². The van der Waals surface area contributed by atoms with Crippen molar-refractivity contribution >= 4 is 27.5 Å². The molecule has 2 amide bonds. The minimum Gasteiger partial charge on any atom is -0.497 e. The van der Waals surface area contributed by atoms with Crippen LogP contribution in [0.4, 0.5) is 5.69 Å². The summed E-state index contributed by atoms with van der Waals surface area (Å²) in [6.07, 6.45) is 2.06. The van der Waals surface area contributed by atoms with Crippen LogP contribution < -0.4 is 14.4 Å². The first-order valence-electron chi connectivity index (χ1n) is 11.7. The quantitative estimate of drug-likeness (QED) is 0.479. The molecule has 0 fully saturated rings. The summed E-state index contributed by atoms with van der Waals surface area (Å²) >= 11 is 0. The van der Waals surface area contributed by atoms with E-state index >= 15 is 0 Å². The van der Waals surface area contributed by atoms with Crippen LogP contribution in [0.5, 0.6) is 5.75 Å². The number of carbonyl (C=O) groups is 2. The second-order valence-electron chi connectivity index (χ2n) is 8.62. The number of amides is 2. The van der Waals surface area contributed by atoms with E-state index in [4.69, 9.17) is 4.74 Å². The number of methoxy groups -OCH3 is 1. The van der Waals surface area contributed by atoms with Gasteiger partial charge in [-0.15, -0.1) is 0 Å². The number of rotatable bonds is 12. The van der Waals surface area contributed by atoms with Crippen molar-refractivity contribution in [3.8, 4) is 5.75 Å². The molecule has 2 aromatic rings. The van der Waals surface area contributed by atoms with Gasteiger partial charge in [0.2, 0.25) is 21.8 Å². The number of hydrogen-bond acceptors (Lipinski definition) is 5. The van der Waals surface area contributed by atoms with Gasteiger partial charge in [-0.1, -0.05) is 25.1 Å². The third-order valence-corrected chi connectivity index (χ3v) is 7.27. The van der Waals surface area contributed by atoms with Crippen molar-refractivity contribution in [1.82, 2.24) is 10.2 Å². The number of benzene rings is 2. The summed E-state index contributed by atoms with van der Waals surface area (Å²) in [5, 5.41) is 2.64. The molecular formula is C26H37N3O5S. The normalized spacial score (nSPS) is 12.1. The van der Waals surface area contributed by atoms with Crippen LogP contribution >= 0.6 is 0 Å². The lowest BCUT2D eigenvalue weighted by molar-refractivity contribution is -0.141. The lowest BCUT2D eigenvalue weighted by Gasteiger charge is -2.31. The fourth-order valence-electron chi connectivity index (χ4n) is 3.90. The molecule has 0 aliphatic heterocycles. The van der Waals surface area contributed by atoms with Crippen LogP contribution in [-0.4, -0.2) is 58.1 Å². The van der Waals surface area contributed by atoms with Gasteiger partial charge in [0, 0.05) is 26.6 Å². The molecule has 1 N–H and O–H groups in total. The summed E-state index contributed by atoms with van der Waals surface area (Å²) in [4.78, 5) is 27.4. The van der Waals surface area contributed by atoms with E-state index in [0.29, 0.717) is 24.3 Å². The third-order valence-electron chi connectivity index (χ3n) is 6.07. The van der Waals surface area contributed by atoms with Crippen molar-refractivity contribution in [1.29, 1.82) is 0 Å². The lowest BCUT2D eigenvalue weighted by atomic mass is 10.1. The maximum Gasteiger partial charge on any atom is 0.242 e. The first-order chi connectivity index (χ1) is 16.5. The van der Waals surface area contributed by atoms with Crippen LogP contribution in [0.25, 0.3) is 0 Å². The second kappa shape index (κ2) is 12.6. The Bertz CT molecular complexity index is 1120. The minimum atomic E-state index is -3.53. The van der Waals surface area contributed by atoms with E-state index in [-0.39, 0.29) is 31.3 Å². The standard InChI is InChI=1S/C26H37N3O5S/c1-7-24(26(31)27-4)28(18-21-11-14-23(34-5)15-12-21)25(30)9-8-16-29(35(6,32)33)22-13-10-19(2)20(3)17-22/h10-15,17,24H,7-9,16,18H2,1-6H3,(H,27,31). The summed E-state index contributed by atoms with van der Waals surface area (Å²) in [6, 6.07) is 12.2. The highest BCUT2D eigenvalue weighted by atomic mass is 32.2. The summed E-state index contributed by atoms with van der Waals surface area (Å²) in [5.74, 6) is 0.268. The van der Waals surface area contributed by atoms with Gasteiger partial charge in [-0.3, -0.25) is 13.9 Å². The number of hydrogen-bond donors (Lipinski definition) is 1. The molecule has 35 heavy (non-hydrogen) atoms. The molecule has 0 heterocycles. The van der Waals surface area contributed by atoms with Crippen molar-refractivity contribution in [2.45, 2.75) is 52.6 Å². The van der Waals surface area contributed by atoms with E-state index in [2.05, 4.69) is 5.32 Å². The van der Waals surface area contributed by atoms with Gasteiger partial charge < -0.3 is 15.0 Å². The molecule has 0 spiro atoms. The fraction of sp³-hybridized carbons (Fsp3) is 0.462. The van der Waals surface area contributed by atoms with Crippen molar-refractivity contribution < 1.29 is 22.7 Å². The Hall–Kier alpha value is -3.07. The Morgan fingerprint density at radius 1 is 1.06 bits per heavy atom. The maximum absolute atomic E-state index is 13.3. The predicted octanol–water partition coefficient (Wildman–Crippen LogP) is 3.41. The van der Waals surface area contributed by atoms with Crippen LogP contribution in [0.2, 0.25) is 0 Å². The molecule has 8 nitrogen and oxygen atoms in total.